The number of halogens is 19. The van der Waals surface area contributed by atoms with Gasteiger partial charge in [0.2, 0.25) is 23.6 Å². The molecule has 0 radical (unpaired) electrons. The Labute approximate surface area is 697 Å². The highest BCUT2D eigenvalue weighted by Crippen LogP contribution is 2.36. The number of hydrogen-bond donors (Lipinski definition) is 11. The number of carbonyl (C=O) groups excluding carboxylic acids is 4. The molecule has 650 valence electrons. The van der Waals surface area contributed by atoms with Crippen LogP contribution in [0.1, 0.15) is 62.9 Å². The molecule has 0 unspecified atom stereocenters. The Kier molecular flexibility index (Phi) is 29.1. The topological polar surface area (TPSA) is 374 Å². The quantitative estimate of drug-likeness (QED) is 0.0265. The van der Waals surface area contributed by atoms with Gasteiger partial charge in [0.05, 0.1) is 39.0 Å². The number of hydrogen-bond acceptors (Lipinski definition) is 20. The summed E-state index contributed by atoms with van der Waals surface area (Å²) in [6.45, 7) is 4.16. The van der Waals surface area contributed by atoms with Crippen LogP contribution in [-0.2, 0) is 19.2 Å². The summed E-state index contributed by atoms with van der Waals surface area (Å²) in [7, 11) is 0. The van der Waals surface area contributed by atoms with Gasteiger partial charge in [-0.25, -0.2) is 73.0 Å². The molecule has 1 aliphatic heterocycles. The zero-order valence-corrected chi connectivity index (χ0v) is 66.1. The highest BCUT2D eigenvalue weighted by atomic mass is 35.5. The number of amides is 4. The molecule has 1 fully saturated rings. The number of rotatable bonds is 23. The fourth-order valence-corrected chi connectivity index (χ4v) is 12.4. The van der Waals surface area contributed by atoms with Crippen LogP contribution in [0.4, 0.5) is 89.1 Å². The Morgan fingerprint density at radius 1 is 0.467 bits per heavy atom. The van der Waals surface area contributed by atoms with Crippen LogP contribution >= 0.6 is 46.4 Å². The smallest absolute Gasteiger partial charge is 0.358 e. The molecule has 1 saturated heterocycles. The van der Waals surface area contributed by atoms with Crippen LogP contribution in [0, 0.1) is 29.4 Å². The van der Waals surface area contributed by atoms with Crippen LogP contribution in [0.15, 0.2) is 111 Å². The average molecular weight is 1790 g/mol. The molecular weight excluding hydrogens is 1700 g/mol. The molecule has 0 aromatic carbocycles. The van der Waals surface area contributed by atoms with Crippen LogP contribution in [0.3, 0.4) is 0 Å². The van der Waals surface area contributed by atoms with E-state index in [1.165, 1.54) is 49.4 Å². The third kappa shape index (κ3) is 24.7. The minimum atomic E-state index is -4.63. The number of alkyl halides is 13. The van der Waals surface area contributed by atoms with E-state index >= 15 is 0 Å². The van der Waals surface area contributed by atoms with Crippen LogP contribution < -0.4 is 42.1 Å². The van der Waals surface area contributed by atoms with Gasteiger partial charge in [-0.05, 0) is 60.6 Å². The van der Waals surface area contributed by atoms with Crippen LogP contribution in [0.5, 0.6) is 0 Å². The summed E-state index contributed by atoms with van der Waals surface area (Å²) in [4.78, 5) is 112. The summed E-state index contributed by atoms with van der Waals surface area (Å²) >= 11 is 24.0. The van der Waals surface area contributed by atoms with E-state index in [1.54, 1.807) is 87.3 Å². The lowest BCUT2D eigenvalue weighted by molar-refractivity contribution is -0.139. The summed E-state index contributed by atoms with van der Waals surface area (Å²) < 4.78 is 192. The number of carbonyl (C=O) groups is 4. The molecule has 0 spiro atoms. The summed E-state index contributed by atoms with van der Waals surface area (Å²) in [5.74, 6) is -5.17. The van der Waals surface area contributed by atoms with Gasteiger partial charge in [0, 0.05) is 121 Å². The number of H-pyrrole nitrogens is 4. The van der Waals surface area contributed by atoms with Gasteiger partial charge in [0.15, 0.2) is 46.6 Å². The zero-order valence-electron chi connectivity index (χ0n) is 63.1. The molecule has 4 amide bonds. The van der Waals surface area contributed by atoms with Gasteiger partial charge in [0.1, 0.15) is 90.7 Å². The SMILES string of the molecule is CC(C)C[C@@H](Nc1ccnc(-c2c[nH]c3ncc(Cl)cc23)n1)C(=O)NCC(F)(F)F.CC(C)[C@@H](Nc1ccnc(-c2c[nH]c3ncc(Cl)cc23)n1)C(=O)NCC(F)(F)F.CC(C)[C@@H](Nc1nc(-c2c[nH]c3ncc(Cl)cc23)ncc1F)C(=O)NCC(F)(F)F.O=C(NCC(F)(F)F)[C@@H]1C[C@@H](F)CN1c1nc(-c2c[nH]c3ncc(Cl)cc23)ncc1F.[HH].[HH].[HH].[HH].[HH].[HH]. The Bertz CT molecular complexity index is 5650. The molecule has 0 bridgehead atoms. The highest BCUT2D eigenvalue weighted by Gasteiger charge is 2.42. The number of nitrogens with zero attached hydrogens (tertiary/aromatic N) is 13. The molecule has 120 heavy (non-hydrogen) atoms. The van der Waals surface area contributed by atoms with Crippen molar-refractivity contribution in [3.63, 3.8) is 0 Å². The molecule has 28 nitrogen and oxygen atoms in total. The molecule has 11 N–H and O–H groups in total. The van der Waals surface area contributed by atoms with Crippen molar-refractivity contribution in [1.29, 1.82) is 0 Å². The molecule has 0 saturated carbocycles. The lowest BCUT2D eigenvalue weighted by Crippen LogP contribution is -2.46. The Balaban J connectivity index is 0.000000347. The standard InChI is InChI=1S/C19H20ClF3N6O.C18H14ClF5N6O.C18H17ClF4N6O.C18H18ClF3N6O.6H2/c1-10(2)5-14(18(30)27-9-19(21,22)23)28-15-3-4-24-17(29-15)13-8-26-16-12(13)6-11(20)7-25-16;19-8-1-10-11(4-26-14(10)25-3-8)15-27-5-12(21)16(29-15)30-6-9(20)2-13(30)17(31)28-7-18(22,23)24;1-8(2)13(17(30)27-7-18(21,22)23)28-16-12(20)6-26-15(29-16)11-5-25-14-10(11)3-9(19)4-24-14;1-9(2)14(17(29)26-8-18(20,21)22)27-13-3-4-23-16(28-13)12-7-25-15-11(12)5-10(19)6-24-15;;;;;;/h3-4,6-8,10,14H,5,9H2,1-2H3,(H,25,26)(H,27,30)(H,24,28,29);1,3-5,9,13H,2,6-7H2,(H,25,26)(H,28,31);3-6,8,13H,7H2,1-2H3,(H,24,25)(H,27,30)(H,26,28,29);3-7,9,14H,8H2,1-2H3,(H,24,25)(H,26,29)(H,23,27,28);6*1H/t14-;9-,13+;13-;14-;;;;;;/m1111....../s1. The van der Waals surface area contributed by atoms with Gasteiger partial charge >= 0.3 is 24.7 Å². The maximum atomic E-state index is 14.5. The van der Waals surface area contributed by atoms with Gasteiger partial charge in [-0.15, -0.1) is 0 Å². The first kappa shape index (κ1) is 90.6. The van der Waals surface area contributed by atoms with E-state index < -0.39 is 135 Å². The third-order valence-electron chi connectivity index (χ3n) is 17.3. The van der Waals surface area contributed by atoms with Crippen molar-refractivity contribution in [2.24, 2.45) is 17.8 Å². The Morgan fingerprint density at radius 3 is 1.22 bits per heavy atom. The van der Waals surface area contributed by atoms with E-state index in [-0.39, 0.29) is 43.7 Å². The van der Waals surface area contributed by atoms with Crippen molar-refractivity contribution < 1.29 is 93.6 Å². The van der Waals surface area contributed by atoms with E-state index in [4.69, 9.17) is 46.4 Å². The fraction of sp³-hybridized carbons (Fsp3) is 0.342. The fourth-order valence-electron chi connectivity index (χ4n) is 11.8. The van der Waals surface area contributed by atoms with Gasteiger partial charge in [-0.2, -0.15) is 52.7 Å². The number of anilines is 4. The number of pyridine rings is 4. The summed E-state index contributed by atoms with van der Waals surface area (Å²) in [6.07, 6.45) is -2.64. The van der Waals surface area contributed by atoms with Crippen LogP contribution in [-0.4, -0.2) is 191 Å². The molecule has 5 atom stereocenters. The minimum absolute atomic E-state index is 0. The maximum Gasteiger partial charge on any atom is 0.405 e. The van der Waals surface area contributed by atoms with Crippen LogP contribution in [0.2, 0.25) is 20.1 Å². The van der Waals surface area contributed by atoms with Crippen molar-refractivity contribution >= 4 is 137 Å². The normalized spacial score (nSPS) is 14.6. The first-order chi connectivity index (χ1) is 56.4. The van der Waals surface area contributed by atoms with Crippen molar-refractivity contribution in [1.82, 2.24) is 101 Å². The summed E-state index contributed by atoms with van der Waals surface area (Å²) in [5, 5.41) is 20.0. The maximum absolute atomic E-state index is 14.5. The second kappa shape index (κ2) is 38.6. The molecule has 1 aliphatic rings. The second-order valence-electron chi connectivity index (χ2n) is 27.7. The van der Waals surface area contributed by atoms with Gasteiger partial charge in [0.25, 0.3) is 0 Å². The lowest BCUT2D eigenvalue weighted by atomic mass is 10.0. The van der Waals surface area contributed by atoms with Gasteiger partial charge in [-0.1, -0.05) is 87.9 Å². The molecule has 13 heterocycles. The number of nitrogens with one attached hydrogen (secondary N) is 11. The average Bonchev–Trinajstić information content (AvgIpc) is 1.70. The van der Waals surface area contributed by atoms with Gasteiger partial charge in [-0.3, -0.25) is 19.2 Å². The summed E-state index contributed by atoms with van der Waals surface area (Å²) in [6, 6.07) is 5.49. The minimum Gasteiger partial charge on any atom is -0.358 e. The number of aromatic nitrogens is 16. The van der Waals surface area contributed by atoms with E-state index in [1.807, 2.05) is 24.5 Å². The summed E-state index contributed by atoms with van der Waals surface area (Å²) in [5.41, 5.74) is 4.45. The van der Waals surface area contributed by atoms with Gasteiger partial charge < -0.3 is 62.1 Å². The molecule has 13 rings (SSSR count). The first-order valence-electron chi connectivity index (χ1n) is 35.7. The molecular formula is C73H81Cl4F15N24O4. The zero-order chi connectivity index (χ0) is 87.5. The van der Waals surface area contributed by atoms with Crippen LogP contribution in [0.25, 0.3) is 89.7 Å². The predicted octanol–water partition coefficient (Wildman–Crippen LogP) is 16.8. The molecule has 12 aromatic heterocycles. The second-order valence-corrected chi connectivity index (χ2v) is 29.4. The van der Waals surface area contributed by atoms with E-state index in [0.717, 1.165) is 28.1 Å². The van der Waals surface area contributed by atoms with E-state index in [2.05, 4.69) is 95.7 Å². The molecule has 12 aromatic rings. The van der Waals surface area contributed by atoms with Crippen molar-refractivity contribution in [3.8, 4) is 45.6 Å². The molecule has 47 heteroatoms. The van der Waals surface area contributed by atoms with Crippen molar-refractivity contribution in [2.45, 2.75) is 109 Å². The Hall–Kier alpha value is -11.7. The largest absolute Gasteiger partial charge is 0.405 e. The number of fused-ring (bicyclic) bond motifs is 4. The monoisotopic (exact) mass is 1780 g/mol. The molecule has 0 aliphatic carbocycles. The van der Waals surface area contributed by atoms with Crippen molar-refractivity contribution in [2.75, 3.05) is 53.6 Å². The van der Waals surface area contributed by atoms with E-state index in [9.17, 15) is 85.0 Å². The predicted molar refractivity (Wildman–Crippen MR) is 429 cm³/mol. The number of aromatic amines is 4. The Morgan fingerprint density at radius 2 is 0.825 bits per heavy atom. The third-order valence-corrected chi connectivity index (χ3v) is 18.1. The van der Waals surface area contributed by atoms with E-state index in [0.29, 0.717) is 105 Å². The first-order valence-corrected chi connectivity index (χ1v) is 37.3. The highest BCUT2D eigenvalue weighted by molar-refractivity contribution is 6.32. The van der Waals surface area contributed by atoms with Crippen molar-refractivity contribution in [3.05, 3.63) is 142 Å². The lowest BCUT2D eigenvalue weighted by Gasteiger charge is -2.25.